The molecule has 0 bridgehead atoms. The molecular weight excluding hydrogens is 431 g/mol. The first-order valence-corrected chi connectivity index (χ1v) is 11.1. The van der Waals surface area contributed by atoms with E-state index >= 15 is 0 Å². The van der Waals surface area contributed by atoms with Crippen molar-refractivity contribution < 1.29 is 23.1 Å². The Morgan fingerprint density at radius 1 is 1.11 bits per heavy atom. The first-order chi connectivity index (χ1) is 13.0. The summed E-state index contributed by atoms with van der Waals surface area (Å²) in [5.41, 5.74) is 1.44. The molecule has 0 N–H and O–H groups in total. The Kier molecular flexibility index (Phi) is 8.29. The molecule has 2 aromatic carbocycles. The third-order valence-corrected chi connectivity index (χ3v) is 5.81. The summed E-state index contributed by atoms with van der Waals surface area (Å²) in [6.07, 6.45) is 3.02. The number of carbonyl (C=O) groups excluding carboxylic acids is 1. The van der Waals surface area contributed by atoms with Gasteiger partial charge in [-0.2, -0.15) is 0 Å². The predicted molar refractivity (Wildman–Crippen MR) is 110 cm³/mol. The van der Waals surface area contributed by atoms with Gasteiger partial charge in [-0.05, 0) is 43.7 Å². The quantitative estimate of drug-likeness (QED) is 0.272. The van der Waals surface area contributed by atoms with E-state index < -0.39 is 13.6 Å². The van der Waals surface area contributed by atoms with Crippen LogP contribution in [0.1, 0.15) is 25.0 Å². The lowest BCUT2D eigenvalue weighted by Gasteiger charge is -2.20. The van der Waals surface area contributed by atoms with Crippen molar-refractivity contribution in [2.75, 3.05) is 13.2 Å². The van der Waals surface area contributed by atoms with Crippen LogP contribution in [0.15, 0.2) is 59.1 Å². The number of hydrogen-bond acceptors (Lipinski definition) is 5. The first kappa shape index (κ1) is 21.4. The van der Waals surface area contributed by atoms with Crippen molar-refractivity contribution in [2.24, 2.45) is 0 Å². The third-order valence-electron chi connectivity index (χ3n) is 3.44. The standard InChI is InChI=1S/C20H22BrO5P/c1-3-24-20(22)13-10-17-14-18(21)11-12-19(17)26-27(23,25-4-2)15-16-8-6-5-7-9-16/h5-14H,3-4,15H2,1-2H3/b13-10+. The predicted octanol–water partition coefficient (Wildman–Crippen LogP) is 5.83. The molecular formula is C20H22BrO5P. The molecule has 0 saturated heterocycles. The molecule has 0 heterocycles. The summed E-state index contributed by atoms with van der Waals surface area (Å²) in [5.74, 6) is -0.0906. The summed E-state index contributed by atoms with van der Waals surface area (Å²) >= 11 is 3.39. The molecule has 27 heavy (non-hydrogen) atoms. The van der Waals surface area contributed by atoms with Crippen LogP contribution in [0.2, 0.25) is 0 Å². The number of esters is 1. The lowest BCUT2D eigenvalue weighted by atomic mass is 10.2. The van der Waals surface area contributed by atoms with Gasteiger partial charge in [0.05, 0.1) is 19.4 Å². The topological polar surface area (TPSA) is 61.8 Å². The molecule has 7 heteroatoms. The van der Waals surface area contributed by atoms with Crippen LogP contribution in [0, 0.1) is 0 Å². The van der Waals surface area contributed by atoms with Crippen molar-refractivity contribution in [3.8, 4) is 5.75 Å². The van der Waals surface area contributed by atoms with Crippen LogP contribution >= 0.6 is 23.5 Å². The van der Waals surface area contributed by atoms with Crippen molar-refractivity contribution in [2.45, 2.75) is 20.0 Å². The first-order valence-electron chi connectivity index (χ1n) is 8.57. The van der Waals surface area contributed by atoms with Gasteiger partial charge in [-0.15, -0.1) is 0 Å². The van der Waals surface area contributed by atoms with E-state index in [1.54, 1.807) is 38.1 Å². The maximum atomic E-state index is 13.3. The Balaban J connectivity index is 2.29. The molecule has 0 aromatic heterocycles. The van der Waals surface area contributed by atoms with Gasteiger partial charge in [-0.1, -0.05) is 46.3 Å². The highest BCUT2D eigenvalue weighted by Crippen LogP contribution is 2.52. The lowest BCUT2D eigenvalue weighted by Crippen LogP contribution is -2.03. The second-order valence-corrected chi connectivity index (χ2v) is 8.43. The van der Waals surface area contributed by atoms with Crippen LogP contribution < -0.4 is 4.52 Å². The van der Waals surface area contributed by atoms with E-state index in [9.17, 15) is 9.36 Å². The molecule has 5 nitrogen and oxygen atoms in total. The van der Waals surface area contributed by atoms with Crippen molar-refractivity contribution in [1.29, 1.82) is 0 Å². The van der Waals surface area contributed by atoms with E-state index in [2.05, 4.69) is 15.9 Å². The normalized spacial score (nSPS) is 13.3. The summed E-state index contributed by atoms with van der Waals surface area (Å²) in [6.45, 7) is 4.06. The van der Waals surface area contributed by atoms with Crippen molar-refractivity contribution in [3.05, 3.63) is 70.2 Å². The van der Waals surface area contributed by atoms with Crippen LogP contribution in [-0.2, 0) is 24.8 Å². The van der Waals surface area contributed by atoms with Gasteiger partial charge in [-0.25, -0.2) is 9.36 Å². The zero-order chi connectivity index (χ0) is 19.7. The molecule has 0 amide bonds. The minimum absolute atomic E-state index is 0.152. The van der Waals surface area contributed by atoms with Crippen molar-refractivity contribution in [1.82, 2.24) is 0 Å². The van der Waals surface area contributed by atoms with E-state index in [-0.39, 0.29) is 12.8 Å². The summed E-state index contributed by atoms with van der Waals surface area (Å²) in [5, 5.41) is 0. The van der Waals surface area contributed by atoms with E-state index in [0.717, 1.165) is 10.0 Å². The van der Waals surface area contributed by atoms with Gasteiger partial charge < -0.3 is 9.26 Å². The zero-order valence-electron chi connectivity index (χ0n) is 15.3. The Morgan fingerprint density at radius 3 is 2.52 bits per heavy atom. The number of halogens is 1. The Hall–Kier alpha value is -1.88. The van der Waals surface area contributed by atoms with E-state index in [1.165, 1.54) is 6.08 Å². The average Bonchev–Trinajstić information content (AvgIpc) is 2.63. The lowest BCUT2D eigenvalue weighted by molar-refractivity contribution is -0.137. The largest absolute Gasteiger partial charge is 0.463 e. The molecule has 1 atom stereocenters. The maximum absolute atomic E-state index is 13.3. The number of rotatable bonds is 9. The molecule has 0 fully saturated rings. The van der Waals surface area contributed by atoms with Crippen LogP contribution in [0.25, 0.3) is 6.08 Å². The molecule has 0 aliphatic carbocycles. The van der Waals surface area contributed by atoms with Crippen molar-refractivity contribution >= 4 is 35.6 Å². The number of ether oxygens (including phenoxy) is 1. The SMILES string of the molecule is CCOC(=O)/C=C/c1cc(Br)ccc1OP(=O)(Cc1ccccc1)OCC. The molecule has 0 saturated carbocycles. The van der Waals surface area contributed by atoms with Gasteiger partial charge in [0.2, 0.25) is 0 Å². The highest BCUT2D eigenvalue weighted by atomic mass is 79.9. The van der Waals surface area contributed by atoms with E-state index in [1.807, 2.05) is 30.3 Å². The van der Waals surface area contributed by atoms with Crippen LogP contribution in [0.3, 0.4) is 0 Å². The fraction of sp³-hybridized carbons (Fsp3) is 0.250. The van der Waals surface area contributed by atoms with Gasteiger partial charge in [0, 0.05) is 16.1 Å². The van der Waals surface area contributed by atoms with E-state index in [4.69, 9.17) is 13.8 Å². The van der Waals surface area contributed by atoms with Gasteiger partial charge in [0.15, 0.2) is 0 Å². The Labute approximate surface area is 168 Å². The molecule has 0 aliphatic rings. The molecule has 2 rings (SSSR count). The smallest absolute Gasteiger partial charge is 0.383 e. The maximum Gasteiger partial charge on any atom is 0.383 e. The van der Waals surface area contributed by atoms with Gasteiger partial charge >= 0.3 is 13.6 Å². The molecule has 144 valence electrons. The number of benzene rings is 2. The van der Waals surface area contributed by atoms with Crippen LogP contribution in [-0.4, -0.2) is 19.2 Å². The minimum Gasteiger partial charge on any atom is -0.463 e. The molecule has 2 aromatic rings. The molecule has 0 aliphatic heterocycles. The highest BCUT2D eigenvalue weighted by Gasteiger charge is 2.27. The molecule has 0 spiro atoms. The Bertz CT molecular complexity index is 836. The van der Waals surface area contributed by atoms with Crippen LogP contribution in [0.4, 0.5) is 0 Å². The summed E-state index contributed by atoms with van der Waals surface area (Å²) in [6, 6.07) is 14.6. The van der Waals surface area contributed by atoms with Crippen molar-refractivity contribution in [3.63, 3.8) is 0 Å². The highest BCUT2D eigenvalue weighted by molar-refractivity contribution is 9.10. The van der Waals surface area contributed by atoms with E-state index in [0.29, 0.717) is 17.9 Å². The molecule has 1 unspecified atom stereocenters. The fourth-order valence-electron chi connectivity index (χ4n) is 2.34. The third kappa shape index (κ3) is 6.98. The average molecular weight is 453 g/mol. The minimum atomic E-state index is -3.43. The summed E-state index contributed by atoms with van der Waals surface area (Å²) in [7, 11) is -3.43. The monoisotopic (exact) mass is 452 g/mol. The summed E-state index contributed by atoms with van der Waals surface area (Å²) in [4.78, 5) is 11.6. The molecule has 0 radical (unpaired) electrons. The number of carbonyl (C=O) groups is 1. The van der Waals surface area contributed by atoms with Gasteiger partial charge in [0.25, 0.3) is 0 Å². The van der Waals surface area contributed by atoms with Gasteiger partial charge in [0.1, 0.15) is 5.75 Å². The zero-order valence-corrected chi connectivity index (χ0v) is 17.7. The second kappa shape index (κ2) is 10.5. The number of hydrogen-bond donors (Lipinski definition) is 0. The van der Waals surface area contributed by atoms with Gasteiger partial charge in [-0.3, -0.25) is 4.52 Å². The second-order valence-electron chi connectivity index (χ2n) is 5.53. The Morgan fingerprint density at radius 2 is 1.85 bits per heavy atom. The fourth-order valence-corrected chi connectivity index (χ4v) is 4.44. The summed E-state index contributed by atoms with van der Waals surface area (Å²) < 4.78 is 30.3. The van der Waals surface area contributed by atoms with Crippen LogP contribution in [0.5, 0.6) is 5.75 Å².